The van der Waals surface area contributed by atoms with E-state index >= 15 is 0 Å². The molecule has 1 aliphatic carbocycles. The van der Waals surface area contributed by atoms with Crippen molar-refractivity contribution in [2.45, 2.75) is 71.1 Å². The van der Waals surface area contributed by atoms with Crippen LogP contribution in [0.2, 0.25) is 0 Å². The fourth-order valence-electron chi connectivity index (χ4n) is 4.10. The van der Waals surface area contributed by atoms with Crippen LogP contribution in [-0.4, -0.2) is 21.7 Å². The summed E-state index contributed by atoms with van der Waals surface area (Å²) in [6.45, 7) is 4.12. The van der Waals surface area contributed by atoms with Gasteiger partial charge in [0.1, 0.15) is 23.4 Å². The summed E-state index contributed by atoms with van der Waals surface area (Å²) in [5.41, 5.74) is 3.07. The van der Waals surface area contributed by atoms with Crippen molar-refractivity contribution in [3.8, 4) is 17.0 Å². The standard InChI is InChI=1S/C24H30FN3O/c1-3-24(26-18-8-6-4-5-7-9-18)29-19-10-11-20(21(25)15-19)22-16-28-13-12-17(2)14-23(28)27-22/h10-16,18,24,26H,3-9H2,1-2H3. The Bertz CT molecular complexity index is 960. The lowest BCUT2D eigenvalue weighted by Gasteiger charge is -2.25. The second-order valence-corrected chi connectivity index (χ2v) is 8.11. The third-order valence-electron chi connectivity index (χ3n) is 5.76. The number of ether oxygens (including phenoxy) is 1. The Morgan fingerprint density at radius 3 is 2.69 bits per heavy atom. The van der Waals surface area contributed by atoms with E-state index in [-0.39, 0.29) is 12.0 Å². The quantitative estimate of drug-likeness (QED) is 0.419. The second-order valence-electron chi connectivity index (χ2n) is 8.11. The molecule has 3 aromatic rings. The molecule has 0 aliphatic heterocycles. The van der Waals surface area contributed by atoms with Crippen LogP contribution in [0.25, 0.3) is 16.9 Å². The van der Waals surface area contributed by atoms with E-state index in [9.17, 15) is 4.39 Å². The first kappa shape index (κ1) is 19.9. The van der Waals surface area contributed by atoms with E-state index in [1.807, 2.05) is 41.9 Å². The Kier molecular flexibility index (Phi) is 6.14. The molecule has 0 bridgehead atoms. The Morgan fingerprint density at radius 1 is 1.17 bits per heavy atom. The highest BCUT2D eigenvalue weighted by Gasteiger charge is 2.18. The second kappa shape index (κ2) is 8.95. The maximum atomic E-state index is 14.9. The number of fused-ring (bicyclic) bond motifs is 1. The van der Waals surface area contributed by atoms with E-state index in [2.05, 4.69) is 17.2 Å². The number of pyridine rings is 1. The third kappa shape index (κ3) is 4.78. The highest BCUT2D eigenvalue weighted by molar-refractivity contribution is 5.64. The van der Waals surface area contributed by atoms with Gasteiger partial charge in [-0.2, -0.15) is 0 Å². The number of aromatic nitrogens is 2. The molecule has 5 heteroatoms. The van der Waals surface area contributed by atoms with E-state index in [0.717, 1.165) is 17.6 Å². The van der Waals surface area contributed by atoms with Crippen LogP contribution < -0.4 is 10.1 Å². The molecule has 1 aromatic carbocycles. The first-order valence-electron chi connectivity index (χ1n) is 10.8. The van der Waals surface area contributed by atoms with Crippen molar-refractivity contribution in [2.75, 3.05) is 0 Å². The third-order valence-corrected chi connectivity index (χ3v) is 5.76. The number of imidazole rings is 1. The molecule has 4 rings (SSSR count). The van der Waals surface area contributed by atoms with Gasteiger partial charge in [-0.25, -0.2) is 9.37 Å². The summed E-state index contributed by atoms with van der Waals surface area (Å²) in [5, 5.41) is 3.62. The Hall–Kier alpha value is -2.40. The predicted molar refractivity (Wildman–Crippen MR) is 115 cm³/mol. The number of hydrogen-bond acceptors (Lipinski definition) is 3. The van der Waals surface area contributed by atoms with Gasteiger partial charge in [-0.3, -0.25) is 5.32 Å². The lowest BCUT2D eigenvalue weighted by molar-refractivity contribution is 0.138. The summed E-state index contributed by atoms with van der Waals surface area (Å²) in [5.74, 6) is 0.241. The Balaban J connectivity index is 1.48. The van der Waals surface area contributed by atoms with Crippen LogP contribution in [0.1, 0.15) is 57.4 Å². The lowest BCUT2D eigenvalue weighted by Crippen LogP contribution is -2.41. The average molecular weight is 396 g/mol. The summed E-state index contributed by atoms with van der Waals surface area (Å²) in [6, 6.07) is 9.57. The average Bonchev–Trinajstić information content (AvgIpc) is 2.94. The molecule has 4 nitrogen and oxygen atoms in total. The largest absolute Gasteiger partial charge is 0.475 e. The van der Waals surface area contributed by atoms with E-state index in [0.29, 0.717) is 23.0 Å². The molecule has 29 heavy (non-hydrogen) atoms. The minimum atomic E-state index is -0.313. The van der Waals surface area contributed by atoms with Crippen LogP contribution in [0.5, 0.6) is 5.75 Å². The monoisotopic (exact) mass is 395 g/mol. The Morgan fingerprint density at radius 2 is 1.97 bits per heavy atom. The van der Waals surface area contributed by atoms with E-state index in [4.69, 9.17) is 4.74 Å². The van der Waals surface area contributed by atoms with Gasteiger partial charge in [0.15, 0.2) is 0 Å². The zero-order valence-corrected chi connectivity index (χ0v) is 17.3. The molecule has 1 fully saturated rings. The smallest absolute Gasteiger partial charge is 0.150 e. The number of nitrogens with zero attached hydrogens (tertiary/aromatic N) is 2. The van der Waals surface area contributed by atoms with Gasteiger partial charge in [0.25, 0.3) is 0 Å². The number of hydrogen-bond donors (Lipinski definition) is 1. The van der Waals surface area contributed by atoms with Gasteiger partial charge < -0.3 is 9.14 Å². The van der Waals surface area contributed by atoms with Crippen molar-refractivity contribution in [1.29, 1.82) is 0 Å². The first-order valence-corrected chi connectivity index (χ1v) is 10.8. The highest BCUT2D eigenvalue weighted by atomic mass is 19.1. The summed E-state index contributed by atoms with van der Waals surface area (Å²) in [7, 11) is 0. The predicted octanol–water partition coefficient (Wildman–Crippen LogP) is 5.88. The van der Waals surface area contributed by atoms with Crippen LogP contribution in [0.4, 0.5) is 4.39 Å². The van der Waals surface area contributed by atoms with Crippen LogP contribution in [-0.2, 0) is 0 Å². The van der Waals surface area contributed by atoms with Crippen molar-refractivity contribution in [3.05, 3.63) is 54.1 Å². The normalized spacial score (nSPS) is 16.7. The van der Waals surface area contributed by atoms with Crippen molar-refractivity contribution < 1.29 is 9.13 Å². The summed E-state index contributed by atoms with van der Waals surface area (Å²) in [6.07, 6.45) is 12.1. The summed E-state index contributed by atoms with van der Waals surface area (Å²) in [4.78, 5) is 4.57. The topological polar surface area (TPSA) is 38.6 Å². The molecule has 2 heterocycles. The van der Waals surface area contributed by atoms with Gasteiger partial charge in [0.2, 0.25) is 0 Å². The molecule has 0 amide bonds. The SMILES string of the molecule is CCC(NC1CCCCCC1)Oc1ccc(-c2cn3ccc(C)cc3n2)c(F)c1. The van der Waals surface area contributed by atoms with Crippen molar-refractivity contribution in [3.63, 3.8) is 0 Å². The molecule has 2 aromatic heterocycles. The molecule has 1 saturated carbocycles. The molecule has 154 valence electrons. The maximum absolute atomic E-state index is 14.9. The fourth-order valence-corrected chi connectivity index (χ4v) is 4.10. The minimum Gasteiger partial charge on any atom is -0.475 e. The number of nitrogens with one attached hydrogen (secondary N) is 1. The van der Waals surface area contributed by atoms with Crippen molar-refractivity contribution in [1.82, 2.24) is 14.7 Å². The first-order chi connectivity index (χ1) is 14.1. The van der Waals surface area contributed by atoms with Crippen molar-refractivity contribution >= 4 is 5.65 Å². The van der Waals surface area contributed by atoms with Gasteiger partial charge in [-0.1, -0.05) is 32.6 Å². The maximum Gasteiger partial charge on any atom is 0.150 e. The molecular weight excluding hydrogens is 365 g/mol. The minimum absolute atomic E-state index is 0.0958. The molecule has 1 aliphatic rings. The zero-order valence-electron chi connectivity index (χ0n) is 17.3. The number of aryl methyl sites for hydroxylation is 1. The molecule has 0 spiro atoms. The van der Waals surface area contributed by atoms with E-state index < -0.39 is 0 Å². The summed E-state index contributed by atoms with van der Waals surface area (Å²) >= 11 is 0. The summed E-state index contributed by atoms with van der Waals surface area (Å²) < 4.78 is 22.9. The highest BCUT2D eigenvalue weighted by Crippen LogP contribution is 2.27. The van der Waals surface area contributed by atoms with Gasteiger partial charge in [-0.05, 0) is 56.0 Å². The molecule has 0 radical (unpaired) electrons. The molecular formula is C24H30FN3O. The lowest BCUT2D eigenvalue weighted by atomic mass is 10.1. The van der Waals surface area contributed by atoms with Crippen LogP contribution in [0.15, 0.2) is 42.7 Å². The van der Waals surface area contributed by atoms with Gasteiger partial charge >= 0.3 is 0 Å². The molecule has 1 unspecified atom stereocenters. The number of halogens is 1. The van der Waals surface area contributed by atoms with Crippen LogP contribution in [0, 0.1) is 12.7 Å². The van der Waals surface area contributed by atoms with Crippen molar-refractivity contribution in [2.24, 2.45) is 0 Å². The Labute approximate surface area is 172 Å². The molecule has 1 N–H and O–H groups in total. The van der Waals surface area contributed by atoms with Crippen LogP contribution in [0.3, 0.4) is 0 Å². The molecule has 0 saturated heterocycles. The van der Waals surface area contributed by atoms with Crippen LogP contribution >= 0.6 is 0 Å². The van der Waals surface area contributed by atoms with E-state index in [1.54, 1.807) is 6.07 Å². The van der Waals surface area contributed by atoms with Gasteiger partial charge in [0.05, 0.1) is 5.69 Å². The number of benzene rings is 1. The zero-order chi connectivity index (χ0) is 20.2. The van der Waals surface area contributed by atoms with E-state index in [1.165, 1.54) is 44.6 Å². The number of rotatable bonds is 6. The van der Waals surface area contributed by atoms with Gasteiger partial charge in [0, 0.05) is 30.1 Å². The fraction of sp³-hybridized carbons (Fsp3) is 0.458. The molecule has 1 atom stereocenters. The van der Waals surface area contributed by atoms with Gasteiger partial charge in [-0.15, -0.1) is 0 Å².